The third-order valence-corrected chi connectivity index (χ3v) is 4.88. The van der Waals surface area contributed by atoms with Gasteiger partial charge in [0.1, 0.15) is 12.0 Å². The van der Waals surface area contributed by atoms with Crippen molar-refractivity contribution in [2.75, 3.05) is 13.2 Å². The van der Waals surface area contributed by atoms with Crippen molar-refractivity contribution in [3.63, 3.8) is 0 Å². The maximum atomic E-state index is 12.0. The lowest BCUT2D eigenvalue weighted by atomic mass is 10.2. The Kier molecular flexibility index (Phi) is 5.29. The number of aryl methyl sites for hydroxylation is 1. The van der Waals surface area contributed by atoms with E-state index in [1.54, 1.807) is 35.9 Å². The number of hydrogen-bond acceptors (Lipinski definition) is 9. The second-order valence-electron chi connectivity index (χ2n) is 7.18. The number of nitrogens with one attached hydrogen (secondary N) is 2. The maximum absolute atomic E-state index is 12.0. The number of aromatic nitrogens is 5. The molecule has 0 bridgehead atoms. The third kappa shape index (κ3) is 3.92. The molecule has 0 fully saturated rings. The van der Waals surface area contributed by atoms with Gasteiger partial charge in [-0.1, -0.05) is 23.4 Å². The number of hydrogen-bond donors (Lipinski definition) is 3. The van der Waals surface area contributed by atoms with Crippen LogP contribution in [0.15, 0.2) is 70.7 Å². The molecule has 11 nitrogen and oxygen atoms in total. The quantitative estimate of drug-likeness (QED) is 0.378. The molecule has 1 aliphatic rings. The van der Waals surface area contributed by atoms with Crippen molar-refractivity contribution in [3.8, 4) is 17.4 Å². The van der Waals surface area contributed by atoms with E-state index in [1.807, 2.05) is 24.3 Å². The number of carbonyl (C=O) groups is 1. The van der Waals surface area contributed by atoms with Crippen molar-refractivity contribution in [2.45, 2.75) is 6.92 Å². The van der Waals surface area contributed by atoms with Gasteiger partial charge in [0, 0.05) is 29.6 Å². The van der Waals surface area contributed by atoms with E-state index in [1.165, 1.54) is 6.26 Å². The molecule has 4 aromatic rings. The molecular formula is C22H19N7O4. The molecule has 11 heteroatoms. The van der Waals surface area contributed by atoms with E-state index in [4.69, 9.17) is 14.4 Å². The summed E-state index contributed by atoms with van der Waals surface area (Å²) in [6.07, 6.45) is 6.41. The van der Waals surface area contributed by atoms with E-state index < -0.39 is 0 Å². The minimum atomic E-state index is -0.283. The molecule has 3 aromatic heterocycles. The van der Waals surface area contributed by atoms with Gasteiger partial charge in [0.2, 0.25) is 11.7 Å². The van der Waals surface area contributed by atoms with Gasteiger partial charge in [0.05, 0.1) is 17.9 Å². The minimum absolute atomic E-state index is 0.120. The molecule has 0 atom stereocenters. The van der Waals surface area contributed by atoms with Crippen molar-refractivity contribution in [1.29, 1.82) is 0 Å². The number of ether oxygens (including phenoxy) is 1. The molecular weight excluding hydrogens is 426 g/mol. The zero-order valence-electron chi connectivity index (χ0n) is 17.5. The van der Waals surface area contributed by atoms with Crippen molar-refractivity contribution in [3.05, 3.63) is 72.0 Å². The van der Waals surface area contributed by atoms with Gasteiger partial charge < -0.3 is 25.0 Å². The Labute approximate surface area is 187 Å². The summed E-state index contributed by atoms with van der Waals surface area (Å²) in [6, 6.07) is 9.35. The number of benzene rings is 1. The minimum Gasteiger partial charge on any atom is -0.443 e. The predicted molar refractivity (Wildman–Crippen MR) is 118 cm³/mol. The average Bonchev–Trinajstić information content (AvgIpc) is 3.47. The highest BCUT2D eigenvalue weighted by atomic mass is 16.5. The molecule has 1 aromatic carbocycles. The van der Waals surface area contributed by atoms with Crippen LogP contribution in [0.5, 0.6) is 5.88 Å². The molecule has 4 heterocycles. The van der Waals surface area contributed by atoms with Crippen LogP contribution in [0.25, 0.3) is 27.9 Å². The number of aliphatic hydroxyl groups is 1. The largest absolute Gasteiger partial charge is 0.443 e. The van der Waals surface area contributed by atoms with Gasteiger partial charge in [-0.3, -0.25) is 4.79 Å². The zero-order valence-corrected chi connectivity index (χ0v) is 17.5. The Morgan fingerprint density at radius 2 is 2.12 bits per heavy atom. The Morgan fingerprint density at radius 3 is 2.85 bits per heavy atom. The molecule has 1 amide bonds. The van der Waals surface area contributed by atoms with Crippen LogP contribution in [0.1, 0.15) is 5.76 Å². The summed E-state index contributed by atoms with van der Waals surface area (Å²) in [5, 5.41) is 33.1. The molecule has 3 N–H and O–H groups in total. The molecule has 0 unspecified atom stereocenters. The lowest BCUT2D eigenvalue weighted by Gasteiger charge is -2.12. The summed E-state index contributed by atoms with van der Waals surface area (Å²) in [5.74, 6) is 1.14. The van der Waals surface area contributed by atoms with Crippen LogP contribution in [-0.4, -0.2) is 49.1 Å². The fourth-order valence-corrected chi connectivity index (χ4v) is 3.31. The van der Waals surface area contributed by atoms with Gasteiger partial charge in [-0.25, -0.2) is 0 Å². The smallest absolute Gasteiger partial charge is 0.252 e. The van der Waals surface area contributed by atoms with Gasteiger partial charge in [-0.15, -0.1) is 15.3 Å². The summed E-state index contributed by atoms with van der Waals surface area (Å²) in [5.41, 5.74) is 2.14. The lowest BCUT2D eigenvalue weighted by molar-refractivity contribution is -0.117. The van der Waals surface area contributed by atoms with Crippen molar-refractivity contribution in [1.82, 2.24) is 35.6 Å². The Balaban J connectivity index is 1.46. The summed E-state index contributed by atoms with van der Waals surface area (Å²) < 4.78 is 12.7. The van der Waals surface area contributed by atoms with Crippen LogP contribution in [0.2, 0.25) is 0 Å². The second-order valence-corrected chi connectivity index (χ2v) is 7.18. The van der Waals surface area contributed by atoms with E-state index in [2.05, 4.69) is 31.1 Å². The first-order chi connectivity index (χ1) is 16.1. The van der Waals surface area contributed by atoms with Gasteiger partial charge in [0.25, 0.3) is 5.91 Å². The van der Waals surface area contributed by atoms with Crippen molar-refractivity contribution < 1.29 is 19.2 Å². The fraction of sp³-hybridized carbons (Fsp3) is 0.136. The van der Waals surface area contributed by atoms with Gasteiger partial charge in [-0.2, -0.15) is 4.52 Å². The van der Waals surface area contributed by atoms with E-state index in [9.17, 15) is 4.79 Å². The van der Waals surface area contributed by atoms with Crippen LogP contribution in [0.4, 0.5) is 0 Å². The van der Waals surface area contributed by atoms with Crippen LogP contribution in [0.3, 0.4) is 0 Å². The number of amides is 1. The highest BCUT2D eigenvalue weighted by molar-refractivity contribution is 5.97. The number of rotatable bonds is 6. The first-order valence-electron chi connectivity index (χ1n) is 10.1. The molecule has 33 heavy (non-hydrogen) atoms. The predicted octanol–water partition coefficient (Wildman–Crippen LogP) is 1.61. The first kappa shape index (κ1) is 20.4. The number of allylic oxidation sites excluding steroid dienone is 1. The van der Waals surface area contributed by atoms with E-state index in [-0.39, 0.29) is 19.1 Å². The third-order valence-electron chi connectivity index (χ3n) is 4.88. The van der Waals surface area contributed by atoms with Gasteiger partial charge >= 0.3 is 0 Å². The number of dihydropyridines is 1. The summed E-state index contributed by atoms with van der Waals surface area (Å²) in [7, 11) is 0. The topological polar surface area (TPSA) is 140 Å². The van der Waals surface area contributed by atoms with Crippen LogP contribution >= 0.6 is 0 Å². The first-order valence-corrected chi connectivity index (χ1v) is 10.1. The van der Waals surface area contributed by atoms with E-state index in [0.717, 1.165) is 10.8 Å². The van der Waals surface area contributed by atoms with Crippen molar-refractivity contribution >= 4 is 22.3 Å². The average molecular weight is 445 g/mol. The highest BCUT2D eigenvalue weighted by Gasteiger charge is 2.18. The van der Waals surface area contributed by atoms with E-state index >= 15 is 0 Å². The van der Waals surface area contributed by atoms with Crippen LogP contribution in [-0.2, 0) is 4.79 Å². The Hall–Kier alpha value is -4.51. The lowest BCUT2D eigenvalue weighted by Crippen LogP contribution is -2.28. The zero-order chi connectivity index (χ0) is 22.8. The van der Waals surface area contributed by atoms with Crippen LogP contribution < -0.4 is 15.4 Å². The number of aliphatic hydroxyl groups excluding tert-OH is 1. The molecule has 0 saturated carbocycles. The molecule has 1 aliphatic heterocycles. The van der Waals surface area contributed by atoms with Gasteiger partial charge in [-0.05, 0) is 25.1 Å². The maximum Gasteiger partial charge on any atom is 0.252 e. The summed E-state index contributed by atoms with van der Waals surface area (Å²) in [6.45, 7) is 1.87. The molecule has 0 spiro atoms. The normalized spacial score (nSPS) is 14.5. The molecule has 0 aliphatic carbocycles. The molecule has 166 valence electrons. The Morgan fingerprint density at radius 1 is 1.27 bits per heavy atom. The standard InChI is InChI=1S/C22H19N7O4/c1-13-10-18(28-33-13)20-26-25-19-16-4-2-3-5-17(16)22(27-29(19)20)32-12-15-7-6-14(11-24-15)21(31)23-8-9-30/h2-7,10-12,24,30H,8-9H2,1H3,(H,23,31). The number of carbonyl (C=O) groups excluding carboxylic acids is 1. The monoisotopic (exact) mass is 445 g/mol. The van der Waals surface area contributed by atoms with E-state index in [0.29, 0.717) is 40.1 Å². The highest BCUT2D eigenvalue weighted by Crippen LogP contribution is 2.29. The van der Waals surface area contributed by atoms with Crippen LogP contribution in [0, 0.1) is 6.92 Å². The number of fused-ring (bicyclic) bond motifs is 3. The second kappa shape index (κ2) is 8.55. The fourth-order valence-electron chi connectivity index (χ4n) is 3.31. The Bertz CT molecular complexity index is 1450. The van der Waals surface area contributed by atoms with Crippen molar-refractivity contribution in [2.24, 2.45) is 0 Å². The SMILES string of the molecule is Cc1cc(-c2nnc3c4ccccc4c(OC=C4C=CC(C(=O)NCCO)=CN4)nn23)no1. The molecule has 0 saturated heterocycles. The number of nitrogens with zero attached hydrogens (tertiary/aromatic N) is 5. The molecule has 5 rings (SSSR count). The molecule has 0 radical (unpaired) electrons. The van der Waals surface area contributed by atoms with Gasteiger partial charge in [0.15, 0.2) is 11.3 Å². The summed E-state index contributed by atoms with van der Waals surface area (Å²) in [4.78, 5) is 12.0. The summed E-state index contributed by atoms with van der Waals surface area (Å²) >= 11 is 0.